The summed E-state index contributed by atoms with van der Waals surface area (Å²) in [6.07, 6.45) is 22.3. The molecule has 32 heavy (non-hydrogen) atoms. The Balaban J connectivity index is 2.51. The van der Waals surface area contributed by atoms with Gasteiger partial charge < -0.3 is 9.47 Å². The van der Waals surface area contributed by atoms with Crippen molar-refractivity contribution in [3.05, 3.63) is 24.3 Å². The van der Waals surface area contributed by atoms with Gasteiger partial charge in [0.15, 0.2) is 0 Å². The molecule has 0 amide bonds. The lowest BCUT2D eigenvalue weighted by molar-refractivity contribution is -0.190. The van der Waals surface area contributed by atoms with Crippen LogP contribution in [0.2, 0.25) is 0 Å². The fourth-order valence-electron chi connectivity index (χ4n) is 3.96. The maximum absolute atomic E-state index is 12.3. The van der Waals surface area contributed by atoms with Crippen LogP contribution >= 0.6 is 0 Å². The molecule has 0 spiro atoms. The number of carbonyl (C=O) groups excluding carboxylic acids is 2. The molecule has 3 unspecified atom stereocenters. The Bertz CT molecular complexity index is 564. The highest BCUT2D eigenvalue weighted by Crippen LogP contribution is 2.32. The van der Waals surface area contributed by atoms with Crippen LogP contribution in [-0.2, 0) is 19.1 Å². The zero-order chi connectivity index (χ0) is 23.6. The van der Waals surface area contributed by atoms with E-state index < -0.39 is 0 Å². The lowest BCUT2D eigenvalue weighted by Gasteiger charge is -2.37. The van der Waals surface area contributed by atoms with Crippen LogP contribution in [0.1, 0.15) is 118 Å². The molecule has 1 aliphatic heterocycles. The Kier molecular flexibility index (Phi) is 15.9. The molecule has 0 aromatic heterocycles. The summed E-state index contributed by atoms with van der Waals surface area (Å²) in [7, 11) is 0. The molecule has 0 N–H and O–H groups in total. The number of esters is 2. The quantitative estimate of drug-likeness (QED) is 0.115. The van der Waals surface area contributed by atoms with Crippen molar-refractivity contribution >= 4 is 11.9 Å². The van der Waals surface area contributed by atoms with E-state index in [0.29, 0.717) is 25.2 Å². The van der Waals surface area contributed by atoms with Crippen molar-refractivity contribution in [2.24, 2.45) is 11.8 Å². The highest BCUT2D eigenvalue weighted by atomic mass is 16.6. The van der Waals surface area contributed by atoms with E-state index in [2.05, 4.69) is 52.0 Å². The molecule has 0 saturated carbocycles. The number of ether oxygens (including phenoxy) is 2. The Morgan fingerprint density at radius 1 is 1.00 bits per heavy atom. The molecule has 0 bridgehead atoms. The van der Waals surface area contributed by atoms with Gasteiger partial charge in [-0.15, -0.1) is 0 Å². The summed E-state index contributed by atoms with van der Waals surface area (Å²) in [6.45, 7) is 8.63. The Morgan fingerprint density at radius 2 is 1.72 bits per heavy atom. The molecule has 4 heteroatoms. The van der Waals surface area contributed by atoms with Crippen molar-refractivity contribution < 1.29 is 19.1 Å². The molecule has 4 nitrogen and oxygen atoms in total. The molecule has 1 saturated heterocycles. The number of cyclic esters (lactones) is 1. The van der Waals surface area contributed by atoms with Gasteiger partial charge in [0.2, 0.25) is 0 Å². The second kappa shape index (κ2) is 17.9. The summed E-state index contributed by atoms with van der Waals surface area (Å²) in [5.41, 5.74) is 0. The predicted molar refractivity (Wildman–Crippen MR) is 132 cm³/mol. The fourth-order valence-corrected chi connectivity index (χ4v) is 3.96. The summed E-state index contributed by atoms with van der Waals surface area (Å²) in [6, 6.07) is 0. The monoisotopic (exact) mass is 448 g/mol. The molecule has 1 aliphatic rings. The van der Waals surface area contributed by atoms with Crippen molar-refractivity contribution in [2.75, 3.05) is 0 Å². The molecule has 1 heterocycles. The number of unbranched alkanes of at least 4 members (excludes halogenated alkanes) is 6. The van der Waals surface area contributed by atoms with Crippen LogP contribution in [0.5, 0.6) is 0 Å². The van der Waals surface area contributed by atoms with Crippen LogP contribution in [0, 0.1) is 11.8 Å². The average molecular weight is 449 g/mol. The highest BCUT2D eigenvalue weighted by molar-refractivity contribution is 5.78. The van der Waals surface area contributed by atoms with Gasteiger partial charge in [0.05, 0.1) is 5.92 Å². The topological polar surface area (TPSA) is 52.6 Å². The van der Waals surface area contributed by atoms with E-state index in [9.17, 15) is 9.59 Å². The normalized spacial score (nSPS) is 19.5. The Hall–Kier alpha value is -1.58. The van der Waals surface area contributed by atoms with Crippen molar-refractivity contribution in [3.63, 3.8) is 0 Å². The van der Waals surface area contributed by atoms with E-state index in [1.807, 2.05) is 0 Å². The molecular weight excluding hydrogens is 400 g/mol. The van der Waals surface area contributed by atoms with Crippen LogP contribution in [0.4, 0.5) is 0 Å². The second-order valence-electron chi connectivity index (χ2n) is 9.62. The number of carbonyl (C=O) groups is 2. The molecule has 0 aromatic carbocycles. The van der Waals surface area contributed by atoms with Crippen molar-refractivity contribution in [2.45, 2.75) is 130 Å². The summed E-state index contributed by atoms with van der Waals surface area (Å²) in [5.74, 6) is 0.224. The zero-order valence-corrected chi connectivity index (χ0v) is 21.2. The molecule has 0 aliphatic carbocycles. The van der Waals surface area contributed by atoms with Gasteiger partial charge in [-0.25, -0.2) is 0 Å². The van der Waals surface area contributed by atoms with E-state index in [-0.39, 0.29) is 30.1 Å². The minimum Gasteiger partial charge on any atom is -0.462 e. The van der Waals surface area contributed by atoms with Gasteiger partial charge in [-0.2, -0.15) is 0 Å². The van der Waals surface area contributed by atoms with E-state index in [1.54, 1.807) is 0 Å². The van der Waals surface area contributed by atoms with Crippen LogP contribution < -0.4 is 0 Å². The van der Waals surface area contributed by atoms with Gasteiger partial charge >= 0.3 is 11.9 Å². The predicted octanol–water partition coefficient (Wildman–Crippen LogP) is 7.71. The number of hydrogen-bond donors (Lipinski definition) is 0. The first-order valence-corrected chi connectivity index (χ1v) is 13.2. The van der Waals surface area contributed by atoms with E-state index in [4.69, 9.17) is 9.47 Å². The summed E-state index contributed by atoms with van der Waals surface area (Å²) in [4.78, 5) is 24.3. The number of hydrogen-bond acceptors (Lipinski definition) is 4. The van der Waals surface area contributed by atoms with Gasteiger partial charge in [0.1, 0.15) is 12.2 Å². The van der Waals surface area contributed by atoms with Crippen LogP contribution in [0.3, 0.4) is 0 Å². The van der Waals surface area contributed by atoms with Crippen LogP contribution in [0.25, 0.3) is 0 Å². The van der Waals surface area contributed by atoms with Gasteiger partial charge in [-0.1, -0.05) is 90.5 Å². The maximum Gasteiger partial charge on any atom is 0.313 e. The first kappa shape index (κ1) is 28.5. The Labute approximate surface area is 197 Å². The van der Waals surface area contributed by atoms with E-state index in [1.165, 1.54) is 32.1 Å². The fraction of sp³-hybridized carbons (Fsp3) is 0.786. The SMILES string of the molecule is CCCCC/C=C/C/C=C/CC(CC1OC(=O)C1CCCCCC)OC(=O)CCC(C)C. The van der Waals surface area contributed by atoms with Gasteiger partial charge in [0, 0.05) is 19.3 Å². The first-order chi connectivity index (χ1) is 15.5. The minimum absolute atomic E-state index is 0.0289. The molecule has 0 aromatic rings. The molecular formula is C28H48O4. The lowest BCUT2D eigenvalue weighted by atomic mass is 9.87. The molecule has 0 radical (unpaired) electrons. The third kappa shape index (κ3) is 13.1. The van der Waals surface area contributed by atoms with Crippen molar-refractivity contribution in [1.82, 2.24) is 0 Å². The molecule has 184 valence electrons. The number of allylic oxidation sites excluding steroid dienone is 3. The zero-order valence-electron chi connectivity index (χ0n) is 21.2. The standard InChI is InChI=1S/C28H48O4/c1-5-7-9-11-12-13-14-15-16-18-24(31-27(29)21-20-23(3)4)22-26-25(28(30)32-26)19-17-10-8-6-2/h12-13,15-16,23-26H,5-11,14,17-22H2,1-4H3/b13-12+,16-15+. The summed E-state index contributed by atoms with van der Waals surface area (Å²) < 4.78 is 11.3. The second-order valence-corrected chi connectivity index (χ2v) is 9.62. The molecule has 1 fully saturated rings. The third-order valence-electron chi connectivity index (χ3n) is 6.09. The molecule has 1 rings (SSSR count). The largest absolute Gasteiger partial charge is 0.462 e. The van der Waals surface area contributed by atoms with Crippen LogP contribution in [-0.4, -0.2) is 24.1 Å². The highest BCUT2D eigenvalue weighted by Gasteiger charge is 2.43. The molecule has 3 atom stereocenters. The summed E-state index contributed by atoms with van der Waals surface area (Å²) >= 11 is 0. The minimum atomic E-state index is -0.226. The van der Waals surface area contributed by atoms with E-state index >= 15 is 0 Å². The summed E-state index contributed by atoms with van der Waals surface area (Å²) in [5, 5.41) is 0. The maximum atomic E-state index is 12.3. The van der Waals surface area contributed by atoms with Crippen molar-refractivity contribution in [3.8, 4) is 0 Å². The van der Waals surface area contributed by atoms with E-state index in [0.717, 1.165) is 38.5 Å². The third-order valence-corrected chi connectivity index (χ3v) is 6.09. The number of rotatable bonds is 19. The van der Waals surface area contributed by atoms with Crippen molar-refractivity contribution in [1.29, 1.82) is 0 Å². The van der Waals surface area contributed by atoms with Crippen LogP contribution in [0.15, 0.2) is 24.3 Å². The smallest absolute Gasteiger partial charge is 0.313 e. The van der Waals surface area contributed by atoms with Gasteiger partial charge in [0.25, 0.3) is 0 Å². The Morgan fingerprint density at radius 3 is 2.41 bits per heavy atom. The average Bonchev–Trinajstić information content (AvgIpc) is 2.75. The van der Waals surface area contributed by atoms with Gasteiger partial charge in [-0.3, -0.25) is 9.59 Å². The van der Waals surface area contributed by atoms with Gasteiger partial charge in [-0.05, 0) is 38.0 Å². The lowest BCUT2D eigenvalue weighted by Crippen LogP contribution is -2.47. The first-order valence-electron chi connectivity index (χ1n) is 13.2.